The Bertz CT molecular complexity index is 1020. The summed E-state index contributed by atoms with van der Waals surface area (Å²) in [6, 6.07) is 7.99. The molecule has 0 radical (unpaired) electrons. The van der Waals surface area contributed by atoms with Gasteiger partial charge in [-0.15, -0.1) is 0 Å². The summed E-state index contributed by atoms with van der Waals surface area (Å²) in [6.07, 6.45) is 2.74. The Balaban J connectivity index is 1.51. The Labute approximate surface area is 181 Å². The molecule has 3 N–H and O–H groups in total. The van der Waals surface area contributed by atoms with Crippen LogP contribution in [0.1, 0.15) is 15.2 Å². The van der Waals surface area contributed by atoms with Crippen LogP contribution in [-0.2, 0) is 4.74 Å². The highest BCUT2D eigenvalue weighted by molar-refractivity contribution is 7.18. The second-order valence-corrected chi connectivity index (χ2v) is 8.13. The number of carbonyl (C=O) groups is 1. The van der Waals surface area contributed by atoms with Crippen LogP contribution in [0.3, 0.4) is 0 Å². The highest BCUT2D eigenvalue weighted by Gasteiger charge is 2.23. The van der Waals surface area contributed by atoms with Gasteiger partial charge in [-0.25, -0.2) is 4.98 Å². The molecule has 29 heavy (non-hydrogen) atoms. The number of hydrogen-bond donors (Lipinski definition) is 2. The van der Waals surface area contributed by atoms with Crippen molar-refractivity contribution in [3.8, 4) is 0 Å². The summed E-state index contributed by atoms with van der Waals surface area (Å²) in [4.78, 5) is 23.5. The van der Waals surface area contributed by atoms with E-state index < -0.39 is 0 Å². The molecule has 1 aliphatic heterocycles. The minimum absolute atomic E-state index is 0.122. The quantitative estimate of drug-likeness (QED) is 0.562. The number of nitrogens with zero attached hydrogens (tertiary/aromatic N) is 3. The molecule has 0 amide bonds. The number of carbonyl (C=O) groups excluding carboxylic acids is 1. The molecule has 150 valence electrons. The number of anilines is 4. The maximum Gasteiger partial charge on any atom is 0.209 e. The molecule has 0 bridgehead atoms. The van der Waals surface area contributed by atoms with Gasteiger partial charge in [-0.2, -0.15) is 0 Å². The number of ether oxygens (including phenoxy) is 1. The van der Waals surface area contributed by atoms with Gasteiger partial charge in [0, 0.05) is 36.9 Å². The highest BCUT2D eigenvalue weighted by atomic mass is 35.5. The van der Waals surface area contributed by atoms with Gasteiger partial charge in [-0.1, -0.05) is 34.5 Å². The standard InChI is InChI=1S/C19H17Cl2N5O2S/c20-13-9-23-10-14(21)15(13)16(27)17-18(22)25-19(29-17)24-11-1-3-12(4-2-11)26-5-7-28-8-6-26/h1-4,9-10H,5-8,22H2,(H,24,25). The molecule has 1 fully saturated rings. The van der Waals surface area contributed by atoms with Crippen molar-refractivity contribution in [2.45, 2.75) is 0 Å². The molecule has 4 rings (SSSR count). The zero-order valence-electron chi connectivity index (χ0n) is 15.2. The molecule has 1 aromatic carbocycles. The van der Waals surface area contributed by atoms with Crippen molar-refractivity contribution >= 4 is 62.6 Å². The van der Waals surface area contributed by atoms with Crippen molar-refractivity contribution in [2.24, 2.45) is 0 Å². The maximum atomic E-state index is 12.8. The molecule has 0 saturated carbocycles. The lowest BCUT2D eigenvalue weighted by molar-refractivity contribution is 0.104. The summed E-state index contributed by atoms with van der Waals surface area (Å²) < 4.78 is 5.38. The third kappa shape index (κ3) is 4.30. The van der Waals surface area contributed by atoms with Crippen LogP contribution in [0.2, 0.25) is 10.0 Å². The number of pyridine rings is 1. The van der Waals surface area contributed by atoms with Crippen molar-refractivity contribution < 1.29 is 9.53 Å². The van der Waals surface area contributed by atoms with Crippen LogP contribution in [0.4, 0.5) is 22.3 Å². The van der Waals surface area contributed by atoms with E-state index >= 15 is 0 Å². The monoisotopic (exact) mass is 449 g/mol. The smallest absolute Gasteiger partial charge is 0.209 e. The summed E-state index contributed by atoms with van der Waals surface area (Å²) in [5.41, 5.74) is 8.12. The SMILES string of the molecule is Nc1nc(Nc2ccc(N3CCOCC3)cc2)sc1C(=O)c1c(Cl)cncc1Cl. The number of hydrogen-bond acceptors (Lipinski definition) is 8. The van der Waals surface area contributed by atoms with E-state index in [4.69, 9.17) is 33.7 Å². The zero-order chi connectivity index (χ0) is 20.4. The Morgan fingerprint density at radius 1 is 1.14 bits per heavy atom. The number of rotatable bonds is 5. The Kier molecular flexibility index (Phi) is 5.86. The lowest BCUT2D eigenvalue weighted by atomic mass is 10.1. The van der Waals surface area contributed by atoms with E-state index in [0.717, 1.165) is 49.0 Å². The van der Waals surface area contributed by atoms with Gasteiger partial charge in [0.25, 0.3) is 0 Å². The first-order valence-electron chi connectivity index (χ1n) is 8.82. The molecule has 0 spiro atoms. The number of ketones is 1. The molecule has 1 saturated heterocycles. The topological polar surface area (TPSA) is 93.4 Å². The average Bonchev–Trinajstić information content (AvgIpc) is 3.09. The van der Waals surface area contributed by atoms with Crippen LogP contribution in [0.25, 0.3) is 0 Å². The van der Waals surface area contributed by atoms with Crippen molar-refractivity contribution in [3.05, 3.63) is 57.1 Å². The number of halogens is 2. The second kappa shape index (κ2) is 8.54. The van der Waals surface area contributed by atoms with Gasteiger partial charge in [-0.3, -0.25) is 9.78 Å². The molecule has 2 aromatic heterocycles. The number of nitrogen functional groups attached to an aromatic ring is 1. The summed E-state index contributed by atoms with van der Waals surface area (Å²) >= 11 is 13.3. The van der Waals surface area contributed by atoms with Gasteiger partial charge in [-0.05, 0) is 24.3 Å². The fourth-order valence-corrected chi connectivity index (χ4v) is 4.38. The molecule has 10 heteroatoms. The van der Waals surface area contributed by atoms with Crippen LogP contribution in [0, 0.1) is 0 Å². The molecular formula is C19H17Cl2N5O2S. The van der Waals surface area contributed by atoms with E-state index in [0.29, 0.717) is 5.13 Å². The first kappa shape index (κ1) is 19.9. The second-order valence-electron chi connectivity index (χ2n) is 6.31. The van der Waals surface area contributed by atoms with Gasteiger partial charge >= 0.3 is 0 Å². The minimum Gasteiger partial charge on any atom is -0.382 e. The Morgan fingerprint density at radius 2 is 1.79 bits per heavy atom. The van der Waals surface area contributed by atoms with E-state index in [1.807, 2.05) is 24.3 Å². The summed E-state index contributed by atoms with van der Waals surface area (Å²) in [7, 11) is 0. The van der Waals surface area contributed by atoms with Crippen molar-refractivity contribution in [1.29, 1.82) is 0 Å². The summed E-state index contributed by atoms with van der Waals surface area (Å²) in [6.45, 7) is 3.23. The number of nitrogens with one attached hydrogen (secondary N) is 1. The fourth-order valence-electron chi connectivity index (χ4n) is 2.99. The highest BCUT2D eigenvalue weighted by Crippen LogP contribution is 2.33. The van der Waals surface area contributed by atoms with E-state index in [1.54, 1.807) is 0 Å². The predicted molar refractivity (Wildman–Crippen MR) is 117 cm³/mol. The van der Waals surface area contributed by atoms with Crippen molar-refractivity contribution in [3.63, 3.8) is 0 Å². The molecule has 0 atom stereocenters. The lowest BCUT2D eigenvalue weighted by Gasteiger charge is -2.28. The third-order valence-electron chi connectivity index (χ3n) is 4.43. The number of aromatic nitrogens is 2. The number of morpholine rings is 1. The van der Waals surface area contributed by atoms with Gasteiger partial charge in [0.1, 0.15) is 10.7 Å². The predicted octanol–water partition coefficient (Wildman–Crippen LogP) is 4.24. The first-order valence-corrected chi connectivity index (χ1v) is 10.4. The number of thiazole rings is 1. The normalized spacial score (nSPS) is 14.1. The zero-order valence-corrected chi connectivity index (χ0v) is 17.5. The van der Waals surface area contributed by atoms with E-state index in [9.17, 15) is 4.79 Å². The summed E-state index contributed by atoms with van der Waals surface area (Å²) in [5, 5.41) is 4.03. The van der Waals surface area contributed by atoms with Crippen LogP contribution in [-0.4, -0.2) is 42.1 Å². The number of benzene rings is 1. The Morgan fingerprint density at radius 3 is 2.45 bits per heavy atom. The number of nitrogens with two attached hydrogens (primary N) is 1. The van der Waals surface area contributed by atoms with E-state index in [2.05, 4.69) is 20.2 Å². The molecule has 7 nitrogen and oxygen atoms in total. The van der Waals surface area contributed by atoms with Gasteiger partial charge < -0.3 is 20.7 Å². The summed E-state index contributed by atoms with van der Waals surface area (Å²) in [5.74, 6) is -0.260. The first-order chi connectivity index (χ1) is 14.0. The van der Waals surface area contributed by atoms with E-state index in [-0.39, 0.29) is 32.1 Å². The maximum absolute atomic E-state index is 12.8. The third-order valence-corrected chi connectivity index (χ3v) is 5.99. The van der Waals surface area contributed by atoms with Gasteiger partial charge in [0.05, 0.1) is 28.8 Å². The molecule has 0 unspecified atom stereocenters. The van der Waals surface area contributed by atoms with Crippen molar-refractivity contribution in [1.82, 2.24) is 9.97 Å². The van der Waals surface area contributed by atoms with Gasteiger partial charge in [0.2, 0.25) is 5.78 Å². The Hall–Kier alpha value is -2.39. The van der Waals surface area contributed by atoms with Gasteiger partial charge in [0.15, 0.2) is 5.13 Å². The van der Waals surface area contributed by atoms with Crippen LogP contribution in [0.15, 0.2) is 36.7 Å². The minimum atomic E-state index is -0.381. The lowest BCUT2D eigenvalue weighted by Crippen LogP contribution is -2.36. The van der Waals surface area contributed by atoms with Crippen molar-refractivity contribution in [2.75, 3.05) is 42.3 Å². The fraction of sp³-hybridized carbons (Fsp3) is 0.211. The molecule has 3 aromatic rings. The molecule has 1 aliphatic rings. The van der Waals surface area contributed by atoms with Crippen LogP contribution >= 0.6 is 34.5 Å². The molecule has 3 heterocycles. The largest absolute Gasteiger partial charge is 0.382 e. The average molecular weight is 450 g/mol. The molecular weight excluding hydrogens is 433 g/mol. The molecule has 0 aliphatic carbocycles. The van der Waals surface area contributed by atoms with Crippen LogP contribution in [0.5, 0.6) is 0 Å². The van der Waals surface area contributed by atoms with Crippen LogP contribution < -0.4 is 16.0 Å². The van der Waals surface area contributed by atoms with E-state index in [1.165, 1.54) is 12.4 Å².